The summed E-state index contributed by atoms with van der Waals surface area (Å²) >= 11 is 2.93. The lowest BCUT2D eigenvalue weighted by Gasteiger charge is -2.07. The Labute approximate surface area is 102 Å². The number of halogens is 1. The standard InChI is InChI=1S/C8H5BrN2O6/c9-3-1-4(11(16)17)6(10-2-3)5(7(12)13)8(14)15/h1-2,5H,(H,12,13)(H,14,15). The quantitative estimate of drug-likeness (QED) is 0.482. The number of pyridine rings is 1. The van der Waals surface area contributed by atoms with Gasteiger partial charge in [-0.25, -0.2) is 0 Å². The van der Waals surface area contributed by atoms with Gasteiger partial charge in [0.2, 0.25) is 5.92 Å². The van der Waals surface area contributed by atoms with E-state index < -0.39 is 34.2 Å². The predicted molar refractivity (Wildman–Crippen MR) is 56.6 cm³/mol. The van der Waals surface area contributed by atoms with E-state index in [-0.39, 0.29) is 4.47 Å². The number of nitrogens with zero attached hydrogens (tertiary/aromatic N) is 2. The van der Waals surface area contributed by atoms with Crippen molar-refractivity contribution >= 4 is 33.6 Å². The van der Waals surface area contributed by atoms with Crippen molar-refractivity contribution in [1.82, 2.24) is 4.98 Å². The van der Waals surface area contributed by atoms with Crippen molar-refractivity contribution in [3.05, 3.63) is 32.5 Å². The van der Waals surface area contributed by atoms with Crippen LogP contribution >= 0.6 is 15.9 Å². The third kappa shape index (κ3) is 2.75. The molecular formula is C8H5BrN2O6. The molecule has 0 aliphatic heterocycles. The Hall–Kier alpha value is -2.03. The van der Waals surface area contributed by atoms with Crippen LogP contribution in [-0.2, 0) is 9.59 Å². The van der Waals surface area contributed by atoms with Crippen LogP contribution in [0.3, 0.4) is 0 Å². The zero-order valence-corrected chi connectivity index (χ0v) is 9.62. The first-order chi connectivity index (χ1) is 7.84. The van der Waals surface area contributed by atoms with E-state index in [9.17, 15) is 19.7 Å². The normalized spacial score (nSPS) is 10.2. The minimum atomic E-state index is -2.07. The number of carboxylic acid groups (broad SMARTS) is 2. The number of aliphatic carboxylic acids is 2. The van der Waals surface area contributed by atoms with Crippen molar-refractivity contribution < 1.29 is 24.7 Å². The fourth-order valence-corrected chi connectivity index (χ4v) is 1.47. The summed E-state index contributed by atoms with van der Waals surface area (Å²) in [6.45, 7) is 0. The van der Waals surface area contributed by atoms with Crippen LogP contribution in [0.5, 0.6) is 0 Å². The minimum absolute atomic E-state index is 0.252. The van der Waals surface area contributed by atoms with Crippen LogP contribution in [-0.4, -0.2) is 32.1 Å². The van der Waals surface area contributed by atoms with Crippen LogP contribution in [0.1, 0.15) is 11.6 Å². The SMILES string of the molecule is O=C(O)C(C(=O)O)c1ncc(Br)cc1[N+](=O)[O-]. The first-order valence-electron chi connectivity index (χ1n) is 4.10. The molecule has 1 rings (SSSR count). The lowest BCUT2D eigenvalue weighted by Crippen LogP contribution is -2.23. The molecule has 2 N–H and O–H groups in total. The Balaban J connectivity index is 3.43. The van der Waals surface area contributed by atoms with Gasteiger partial charge in [0.1, 0.15) is 5.69 Å². The van der Waals surface area contributed by atoms with Gasteiger partial charge in [0.25, 0.3) is 5.69 Å². The summed E-state index contributed by atoms with van der Waals surface area (Å²) in [5, 5.41) is 28.1. The van der Waals surface area contributed by atoms with Crippen molar-refractivity contribution in [3.8, 4) is 0 Å². The van der Waals surface area contributed by atoms with Gasteiger partial charge in [-0.3, -0.25) is 24.7 Å². The molecule has 17 heavy (non-hydrogen) atoms. The van der Waals surface area contributed by atoms with Crippen LogP contribution in [0.2, 0.25) is 0 Å². The molecule has 90 valence electrons. The van der Waals surface area contributed by atoms with Crippen LogP contribution in [0, 0.1) is 10.1 Å². The highest BCUT2D eigenvalue weighted by molar-refractivity contribution is 9.10. The van der Waals surface area contributed by atoms with E-state index in [0.29, 0.717) is 0 Å². The first-order valence-corrected chi connectivity index (χ1v) is 4.89. The van der Waals surface area contributed by atoms with Gasteiger partial charge in [-0.15, -0.1) is 0 Å². The van der Waals surface area contributed by atoms with Crippen LogP contribution in [0.25, 0.3) is 0 Å². The molecular weight excluding hydrogens is 300 g/mol. The largest absolute Gasteiger partial charge is 0.480 e. The van der Waals surface area contributed by atoms with Gasteiger partial charge in [-0.1, -0.05) is 0 Å². The Morgan fingerprint density at radius 2 is 1.94 bits per heavy atom. The Kier molecular flexibility index (Phi) is 3.73. The molecule has 0 saturated heterocycles. The predicted octanol–water partition coefficient (Wildman–Crippen LogP) is 1.01. The van der Waals surface area contributed by atoms with Crippen LogP contribution in [0.4, 0.5) is 5.69 Å². The molecule has 0 aliphatic carbocycles. The van der Waals surface area contributed by atoms with Gasteiger partial charge < -0.3 is 10.2 Å². The fraction of sp³-hybridized carbons (Fsp3) is 0.125. The van der Waals surface area contributed by atoms with E-state index in [1.165, 1.54) is 0 Å². The van der Waals surface area contributed by atoms with Crippen molar-refractivity contribution in [3.63, 3.8) is 0 Å². The third-order valence-electron chi connectivity index (χ3n) is 1.83. The Morgan fingerprint density at radius 3 is 2.35 bits per heavy atom. The first kappa shape index (κ1) is 13.0. The maximum atomic E-state index is 10.7. The van der Waals surface area contributed by atoms with Crippen molar-refractivity contribution in [2.24, 2.45) is 0 Å². The number of rotatable bonds is 4. The Bertz CT molecular complexity index is 489. The summed E-state index contributed by atoms with van der Waals surface area (Å²) in [5.74, 6) is -5.49. The van der Waals surface area contributed by atoms with Crippen LogP contribution < -0.4 is 0 Å². The maximum absolute atomic E-state index is 10.7. The molecule has 0 saturated carbocycles. The highest BCUT2D eigenvalue weighted by Gasteiger charge is 2.35. The molecule has 0 radical (unpaired) electrons. The van der Waals surface area contributed by atoms with Crippen LogP contribution in [0.15, 0.2) is 16.7 Å². The number of aromatic nitrogens is 1. The number of hydrogen-bond acceptors (Lipinski definition) is 5. The third-order valence-corrected chi connectivity index (χ3v) is 2.26. The van der Waals surface area contributed by atoms with Gasteiger partial charge in [-0.2, -0.15) is 0 Å². The molecule has 9 heteroatoms. The molecule has 0 aliphatic rings. The molecule has 1 aromatic heterocycles. The van der Waals surface area contributed by atoms with E-state index in [1.807, 2.05) is 0 Å². The molecule has 1 aromatic rings. The summed E-state index contributed by atoms with van der Waals surface area (Å²) < 4.78 is 0.252. The van der Waals surface area contributed by atoms with E-state index in [0.717, 1.165) is 12.3 Å². The zero-order chi connectivity index (χ0) is 13.2. The van der Waals surface area contributed by atoms with Gasteiger partial charge in [-0.05, 0) is 15.9 Å². The van der Waals surface area contributed by atoms with E-state index in [1.54, 1.807) is 0 Å². The van der Waals surface area contributed by atoms with Crippen molar-refractivity contribution in [2.75, 3.05) is 0 Å². The number of hydrogen-bond donors (Lipinski definition) is 2. The molecule has 0 unspecified atom stereocenters. The molecule has 1 heterocycles. The highest BCUT2D eigenvalue weighted by atomic mass is 79.9. The lowest BCUT2D eigenvalue weighted by atomic mass is 10.0. The van der Waals surface area contributed by atoms with Crippen molar-refractivity contribution in [2.45, 2.75) is 5.92 Å². The van der Waals surface area contributed by atoms with E-state index >= 15 is 0 Å². The van der Waals surface area contributed by atoms with Gasteiger partial charge >= 0.3 is 11.9 Å². The summed E-state index contributed by atoms with van der Waals surface area (Å²) in [6.07, 6.45) is 1.10. The second-order valence-electron chi connectivity index (χ2n) is 2.92. The molecule has 8 nitrogen and oxygen atoms in total. The average molecular weight is 305 g/mol. The van der Waals surface area contributed by atoms with E-state index in [4.69, 9.17) is 10.2 Å². The van der Waals surface area contributed by atoms with Gasteiger partial charge in [0.15, 0.2) is 0 Å². The second-order valence-corrected chi connectivity index (χ2v) is 3.84. The summed E-state index contributed by atoms with van der Waals surface area (Å²) in [4.78, 5) is 34.8. The molecule has 0 bridgehead atoms. The fourth-order valence-electron chi connectivity index (χ4n) is 1.15. The summed E-state index contributed by atoms with van der Waals surface area (Å²) in [6, 6.07) is 1.00. The monoisotopic (exact) mass is 304 g/mol. The average Bonchev–Trinajstić information content (AvgIpc) is 2.19. The maximum Gasteiger partial charge on any atom is 0.324 e. The van der Waals surface area contributed by atoms with Gasteiger partial charge in [0, 0.05) is 16.7 Å². The minimum Gasteiger partial charge on any atom is -0.480 e. The zero-order valence-electron chi connectivity index (χ0n) is 8.03. The highest BCUT2D eigenvalue weighted by Crippen LogP contribution is 2.27. The van der Waals surface area contributed by atoms with Gasteiger partial charge in [0.05, 0.1) is 4.92 Å². The van der Waals surface area contributed by atoms with E-state index in [2.05, 4.69) is 20.9 Å². The summed E-state index contributed by atoms with van der Waals surface area (Å²) in [7, 11) is 0. The molecule has 0 spiro atoms. The Morgan fingerprint density at radius 1 is 1.41 bits per heavy atom. The number of nitro groups is 1. The second kappa shape index (κ2) is 4.87. The van der Waals surface area contributed by atoms with Crippen molar-refractivity contribution in [1.29, 1.82) is 0 Å². The summed E-state index contributed by atoms with van der Waals surface area (Å²) in [5.41, 5.74) is -1.27. The lowest BCUT2D eigenvalue weighted by molar-refractivity contribution is -0.386. The molecule has 0 amide bonds. The smallest absolute Gasteiger partial charge is 0.324 e. The molecule has 0 aromatic carbocycles. The number of carbonyl (C=O) groups is 2. The molecule has 0 fully saturated rings. The number of carboxylic acids is 2. The topological polar surface area (TPSA) is 131 Å². The molecule has 0 atom stereocenters.